The molecule has 1 aromatic heterocycles. The van der Waals surface area contributed by atoms with Gasteiger partial charge in [0.15, 0.2) is 0 Å². The third-order valence-corrected chi connectivity index (χ3v) is 6.20. The Balaban J connectivity index is 1.53. The molecular weight excluding hydrogens is 414 g/mol. The average molecular weight is 446 g/mol. The summed E-state index contributed by atoms with van der Waals surface area (Å²) in [6.45, 7) is 2.76. The normalized spacial score (nSPS) is 17.2. The summed E-state index contributed by atoms with van der Waals surface area (Å²) in [5.74, 6) is 1.54. The average Bonchev–Trinajstić information content (AvgIpc) is 2.88. The fourth-order valence-electron chi connectivity index (χ4n) is 4.58. The minimum Gasteiger partial charge on any atom is -0.497 e. The van der Waals surface area contributed by atoms with Gasteiger partial charge in [-0.05, 0) is 67.3 Å². The molecule has 33 heavy (non-hydrogen) atoms. The lowest BCUT2D eigenvalue weighted by Crippen LogP contribution is -2.43. The summed E-state index contributed by atoms with van der Waals surface area (Å²) in [6, 6.07) is 21.2. The zero-order chi connectivity index (χ0) is 23.0. The first kappa shape index (κ1) is 22.8. The minimum absolute atomic E-state index is 0.145. The second kappa shape index (κ2) is 11.0. The first-order valence-electron chi connectivity index (χ1n) is 11.4. The maximum absolute atomic E-state index is 13.2. The van der Waals surface area contributed by atoms with E-state index in [2.05, 4.69) is 27.3 Å². The molecule has 1 aliphatic rings. The Morgan fingerprint density at radius 3 is 2.73 bits per heavy atom. The Bertz CT molecular complexity index is 1060. The number of rotatable bonds is 8. The number of benzene rings is 2. The molecule has 4 rings (SSSR count). The largest absolute Gasteiger partial charge is 0.497 e. The number of ether oxygens (including phenoxy) is 2. The SMILES string of the molecule is COc1cccc(CN2CCC[C@H]([C@@H](NC(=O)c3ccccc3OC)c3ccccn3)C2)c1. The van der Waals surface area contributed by atoms with Crippen LogP contribution in [0.4, 0.5) is 0 Å². The number of para-hydroxylation sites is 1. The van der Waals surface area contributed by atoms with Crippen LogP contribution in [0.5, 0.6) is 11.5 Å². The van der Waals surface area contributed by atoms with E-state index in [1.54, 1.807) is 32.5 Å². The highest BCUT2D eigenvalue weighted by molar-refractivity contribution is 5.97. The smallest absolute Gasteiger partial charge is 0.255 e. The van der Waals surface area contributed by atoms with Gasteiger partial charge in [0.1, 0.15) is 11.5 Å². The summed E-state index contributed by atoms with van der Waals surface area (Å²) in [5.41, 5.74) is 2.64. The van der Waals surface area contributed by atoms with Crippen molar-refractivity contribution >= 4 is 5.91 Å². The van der Waals surface area contributed by atoms with Gasteiger partial charge in [0.25, 0.3) is 5.91 Å². The predicted molar refractivity (Wildman–Crippen MR) is 128 cm³/mol. The first-order chi connectivity index (χ1) is 16.2. The zero-order valence-corrected chi connectivity index (χ0v) is 19.2. The van der Waals surface area contributed by atoms with E-state index >= 15 is 0 Å². The van der Waals surface area contributed by atoms with Crippen molar-refractivity contribution in [1.29, 1.82) is 0 Å². The second-order valence-electron chi connectivity index (χ2n) is 8.39. The molecule has 6 heteroatoms. The molecule has 0 radical (unpaired) electrons. The molecule has 0 bridgehead atoms. The number of likely N-dealkylation sites (tertiary alicyclic amines) is 1. The lowest BCUT2D eigenvalue weighted by atomic mass is 9.88. The summed E-state index contributed by atoms with van der Waals surface area (Å²) in [7, 11) is 3.28. The fourth-order valence-corrected chi connectivity index (χ4v) is 4.58. The molecule has 0 aliphatic carbocycles. The van der Waals surface area contributed by atoms with E-state index in [0.29, 0.717) is 11.3 Å². The van der Waals surface area contributed by atoms with Gasteiger partial charge in [0.05, 0.1) is 31.5 Å². The van der Waals surface area contributed by atoms with Gasteiger partial charge in [-0.2, -0.15) is 0 Å². The maximum atomic E-state index is 13.2. The zero-order valence-electron chi connectivity index (χ0n) is 19.2. The summed E-state index contributed by atoms with van der Waals surface area (Å²) in [5, 5.41) is 3.27. The maximum Gasteiger partial charge on any atom is 0.255 e. The number of pyridine rings is 1. The Hall–Kier alpha value is -3.38. The topological polar surface area (TPSA) is 63.7 Å². The molecule has 0 unspecified atom stereocenters. The van der Waals surface area contributed by atoms with Crippen molar-refractivity contribution in [2.24, 2.45) is 5.92 Å². The molecule has 2 heterocycles. The number of piperidine rings is 1. The van der Waals surface area contributed by atoms with E-state index in [-0.39, 0.29) is 17.9 Å². The van der Waals surface area contributed by atoms with Crippen LogP contribution >= 0.6 is 0 Å². The Labute approximate surface area is 195 Å². The number of nitrogens with one attached hydrogen (secondary N) is 1. The summed E-state index contributed by atoms with van der Waals surface area (Å²) >= 11 is 0. The van der Waals surface area contributed by atoms with Crippen molar-refractivity contribution in [1.82, 2.24) is 15.2 Å². The van der Waals surface area contributed by atoms with Gasteiger partial charge in [-0.15, -0.1) is 0 Å². The van der Waals surface area contributed by atoms with E-state index in [1.165, 1.54) is 5.56 Å². The number of hydrogen-bond donors (Lipinski definition) is 1. The Morgan fingerprint density at radius 1 is 1.09 bits per heavy atom. The lowest BCUT2D eigenvalue weighted by Gasteiger charge is -2.37. The van der Waals surface area contributed by atoms with Gasteiger partial charge in [-0.25, -0.2) is 0 Å². The Morgan fingerprint density at radius 2 is 1.94 bits per heavy atom. The summed E-state index contributed by atoms with van der Waals surface area (Å²) in [4.78, 5) is 20.3. The van der Waals surface area contributed by atoms with Crippen LogP contribution in [-0.4, -0.2) is 43.1 Å². The highest BCUT2D eigenvalue weighted by atomic mass is 16.5. The molecule has 1 fully saturated rings. The minimum atomic E-state index is -0.184. The molecular formula is C27H31N3O3. The van der Waals surface area contributed by atoms with Gasteiger partial charge in [-0.1, -0.05) is 30.3 Å². The third kappa shape index (κ3) is 5.71. The molecule has 1 N–H and O–H groups in total. The molecule has 172 valence electrons. The number of aromatic nitrogens is 1. The third-order valence-electron chi connectivity index (χ3n) is 6.20. The number of amides is 1. The fraction of sp³-hybridized carbons (Fsp3) is 0.333. The number of hydrogen-bond acceptors (Lipinski definition) is 5. The van der Waals surface area contributed by atoms with Crippen LogP contribution in [-0.2, 0) is 6.54 Å². The van der Waals surface area contributed by atoms with Crippen molar-refractivity contribution in [2.75, 3.05) is 27.3 Å². The quantitative estimate of drug-likeness (QED) is 0.554. The van der Waals surface area contributed by atoms with Crippen LogP contribution in [0.25, 0.3) is 0 Å². The van der Waals surface area contributed by atoms with Crippen LogP contribution in [0, 0.1) is 5.92 Å². The van der Waals surface area contributed by atoms with Crippen molar-refractivity contribution in [3.05, 3.63) is 89.7 Å². The van der Waals surface area contributed by atoms with Gasteiger partial charge in [0.2, 0.25) is 0 Å². The van der Waals surface area contributed by atoms with Crippen LogP contribution in [0.3, 0.4) is 0 Å². The first-order valence-corrected chi connectivity index (χ1v) is 11.4. The number of methoxy groups -OCH3 is 2. The molecule has 2 atom stereocenters. The number of carbonyl (C=O) groups is 1. The van der Waals surface area contributed by atoms with Crippen LogP contribution in [0.1, 0.15) is 40.5 Å². The van der Waals surface area contributed by atoms with E-state index < -0.39 is 0 Å². The van der Waals surface area contributed by atoms with Crippen molar-refractivity contribution in [3.8, 4) is 11.5 Å². The predicted octanol–water partition coefficient (Wildman–Crippen LogP) is 4.48. The van der Waals surface area contributed by atoms with Crippen molar-refractivity contribution < 1.29 is 14.3 Å². The lowest BCUT2D eigenvalue weighted by molar-refractivity contribution is 0.0872. The van der Waals surface area contributed by atoms with Crippen molar-refractivity contribution in [3.63, 3.8) is 0 Å². The van der Waals surface area contributed by atoms with Crippen LogP contribution in [0.15, 0.2) is 72.9 Å². The van der Waals surface area contributed by atoms with E-state index in [1.807, 2.05) is 42.5 Å². The summed E-state index contributed by atoms with van der Waals surface area (Å²) in [6.07, 6.45) is 3.89. The summed E-state index contributed by atoms with van der Waals surface area (Å²) < 4.78 is 10.8. The van der Waals surface area contributed by atoms with Crippen molar-refractivity contribution in [2.45, 2.75) is 25.4 Å². The molecule has 6 nitrogen and oxygen atoms in total. The van der Waals surface area contributed by atoms with Gasteiger partial charge in [0, 0.05) is 19.3 Å². The van der Waals surface area contributed by atoms with Gasteiger partial charge >= 0.3 is 0 Å². The van der Waals surface area contributed by atoms with Crippen LogP contribution in [0.2, 0.25) is 0 Å². The highest BCUT2D eigenvalue weighted by Crippen LogP contribution is 2.31. The standard InChI is InChI=1S/C27H31N3O3/c1-32-22-11-7-9-20(17-22)18-30-16-8-10-21(19-30)26(24-13-5-6-15-28-24)29-27(31)23-12-3-4-14-25(23)33-2/h3-7,9,11-15,17,21,26H,8,10,16,18-19H2,1-2H3,(H,29,31)/t21-,26+/m0/s1. The van der Waals surface area contributed by atoms with E-state index in [9.17, 15) is 4.79 Å². The second-order valence-corrected chi connectivity index (χ2v) is 8.39. The molecule has 1 amide bonds. The Kier molecular flexibility index (Phi) is 7.58. The molecule has 2 aromatic carbocycles. The molecule has 1 aliphatic heterocycles. The molecule has 0 saturated carbocycles. The highest BCUT2D eigenvalue weighted by Gasteiger charge is 2.31. The van der Waals surface area contributed by atoms with E-state index in [4.69, 9.17) is 9.47 Å². The molecule has 3 aromatic rings. The number of carbonyl (C=O) groups excluding carboxylic acids is 1. The van der Waals surface area contributed by atoms with Gasteiger partial charge < -0.3 is 14.8 Å². The van der Waals surface area contributed by atoms with E-state index in [0.717, 1.165) is 43.9 Å². The van der Waals surface area contributed by atoms with Crippen LogP contribution < -0.4 is 14.8 Å². The molecule has 0 spiro atoms. The monoisotopic (exact) mass is 445 g/mol. The van der Waals surface area contributed by atoms with Gasteiger partial charge in [-0.3, -0.25) is 14.7 Å². The molecule has 1 saturated heterocycles. The number of nitrogens with zero attached hydrogens (tertiary/aromatic N) is 2.